The summed E-state index contributed by atoms with van der Waals surface area (Å²) in [6, 6.07) is 10.3. The third-order valence-corrected chi connectivity index (χ3v) is 6.36. The number of aryl methyl sites for hydroxylation is 1. The lowest BCUT2D eigenvalue weighted by atomic mass is 9.82. The highest BCUT2D eigenvalue weighted by Crippen LogP contribution is 2.40. The van der Waals surface area contributed by atoms with Crippen LogP contribution in [0.1, 0.15) is 46.6 Å². The van der Waals surface area contributed by atoms with Crippen LogP contribution in [0.2, 0.25) is 0 Å². The van der Waals surface area contributed by atoms with Crippen molar-refractivity contribution in [2.45, 2.75) is 64.2 Å². The average molecular weight is 358 g/mol. The summed E-state index contributed by atoms with van der Waals surface area (Å²) < 4.78 is 12.5. The molecule has 1 unspecified atom stereocenters. The number of hydrogen-bond acceptors (Lipinski definition) is 4. The first-order chi connectivity index (χ1) is 12.1. The van der Waals surface area contributed by atoms with Gasteiger partial charge in [-0.05, 0) is 53.0 Å². The van der Waals surface area contributed by atoms with Crippen LogP contribution >= 0.6 is 0 Å². The smallest absolute Gasteiger partial charge is 0.389 e. The van der Waals surface area contributed by atoms with Crippen molar-refractivity contribution in [3.05, 3.63) is 35.9 Å². The molecule has 0 saturated carbocycles. The first kappa shape index (κ1) is 19.4. The predicted molar refractivity (Wildman–Crippen MR) is 104 cm³/mol. The molecular formula is C20H31BN2O3. The Bertz CT molecular complexity index is 648. The van der Waals surface area contributed by atoms with Crippen LogP contribution in [0.3, 0.4) is 0 Å². The molecule has 3 rings (SSSR count). The van der Waals surface area contributed by atoms with Crippen LogP contribution in [-0.4, -0.2) is 59.7 Å². The molecule has 2 aliphatic heterocycles. The molecule has 1 atom stereocenters. The quantitative estimate of drug-likeness (QED) is 0.777. The maximum atomic E-state index is 13.1. The Labute approximate surface area is 157 Å². The van der Waals surface area contributed by atoms with E-state index in [-0.39, 0.29) is 5.91 Å². The molecule has 2 heterocycles. The van der Waals surface area contributed by atoms with Crippen molar-refractivity contribution in [3.63, 3.8) is 0 Å². The van der Waals surface area contributed by atoms with E-state index in [2.05, 4.69) is 16.9 Å². The van der Waals surface area contributed by atoms with E-state index >= 15 is 0 Å². The van der Waals surface area contributed by atoms with Gasteiger partial charge in [0.15, 0.2) is 0 Å². The van der Waals surface area contributed by atoms with Crippen LogP contribution in [0.25, 0.3) is 0 Å². The van der Waals surface area contributed by atoms with Gasteiger partial charge in [-0.15, -0.1) is 0 Å². The van der Waals surface area contributed by atoms with E-state index in [1.54, 1.807) is 0 Å². The van der Waals surface area contributed by atoms with Gasteiger partial charge in [0.2, 0.25) is 5.91 Å². The zero-order valence-electron chi connectivity index (χ0n) is 16.9. The van der Waals surface area contributed by atoms with Gasteiger partial charge in [-0.25, -0.2) is 0 Å². The van der Waals surface area contributed by atoms with Gasteiger partial charge in [0.25, 0.3) is 0 Å². The Morgan fingerprint density at radius 2 is 1.58 bits per heavy atom. The minimum atomic E-state index is -0.649. The predicted octanol–water partition coefficient (Wildman–Crippen LogP) is 2.74. The fraction of sp³-hybridized carbons (Fsp3) is 0.650. The van der Waals surface area contributed by atoms with E-state index < -0.39 is 24.0 Å². The van der Waals surface area contributed by atoms with Crippen LogP contribution in [0.15, 0.2) is 30.3 Å². The summed E-state index contributed by atoms with van der Waals surface area (Å²) in [5, 5.41) is 0. The van der Waals surface area contributed by atoms with E-state index in [1.165, 1.54) is 5.56 Å². The molecule has 1 aromatic rings. The van der Waals surface area contributed by atoms with Gasteiger partial charge >= 0.3 is 7.25 Å². The van der Waals surface area contributed by atoms with Crippen molar-refractivity contribution < 1.29 is 14.1 Å². The third kappa shape index (κ3) is 3.30. The van der Waals surface area contributed by atoms with Crippen molar-refractivity contribution in [3.8, 4) is 0 Å². The molecule has 0 aromatic heterocycles. The van der Waals surface area contributed by atoms with Gasteiger partial charge in [-0.3, -0.25) is 9.61 Å². The molecule has 142 valence electrons. The molecule has 0 N–H and O–H groups in total. The van der Waals surface area contributed by atoms with E-state index in [9.17, 15) is 4.79 Å². The number of nitrogens with zero attached hydrogens (tertiary/aromatic N) is 2. The van der Waals surface area contributed by atoms with Gasteiger partial charge in [0, 0.05) is 20.1 Å². The fourth-order valence-electron chi connectivity index (χ4n) is 3.70. The van der Waals surface area contributed by atoms with Crippen molar-refractivity contribution >= 4 is 13.2 Å². The second kappa shape index (κ2) is 6.66. The number of amides is 1. The molecule has 0 aliphatic carbocycles. The normalized spacial score (nSPS) is 28.6. The van der Waals surface area contributed by atoms with Crippen molar-refractivity contribution in [2.24, 2.45) is 0 Å². The number of piperazine rings is 1. The lowest BCUT2D eigenvalue weighted by Gasteiger charge is -2.47. The lowest BCUT2D eigenvalue weighted by Crippen LogP contribution is -2.68. The highest BCUT2D eigenvalue weighted by molar-refractivity contribution is 6.43. The molecule has 6 heteroatoms. The molecule has 0 spiro atoms. The average Bonchev–Trinajstić information content (AvgIpc) is 2.79. The number of carbonyl (C=O) groups excluding carboxylic acids is 1. The Morgan fingerprint density at radius 3 is 2.15 bits per heavy atom. The summed E-state index contributed by atoms with van der Waals surface area (Å²) in [6.45, 7) is 11.6. The molecule has 0 bridgehead atoms. The number of benzene rings is 1. The van der Waals surface area contributed by atoms with Gasteiger partial charge in [-0.2, -0.15) is 0 Å². The molecule has 0 radical (unpaired) electrons. The van der Waals surface area contributed by atoms with Gasteiger partial charge in [0.05, 0.1) is 16.7 Å². The Hall–Kier alpha value is -1.37. The molecule has 1 amide bonds. The zero-order chi connectivity index (χ0) is 19.2. The maximum Gasteiger partial charge on any atom is 0.559 e. The highest BCUT2D eigenvalue weighted by atomic mass is 16.7. The number of rotatable bonds is 4. The fourth-order valence-corrected chi connectivity index (χ4v) is 3.70. The monoisotopic (exact) mass is 358 g/mol. The Kier molecular flexibility index (Phi) is 4.97. The number of carbonyl (C=O) groups is 1. The molecule has 1 aromatic carbocycles. The summed E-state index contributed by atoms with van der Waals surface area (Å²) in [7, 11) is 1.38. The van der Waals surface area contributed by atoms with E-state index in [1.807, 2.05) is 64.8 Å². The molecule has 2 aliphatic rings. The molecular weight excluding hydrogens is 327 g/mol. The minimum Gasteiger partial charge on any atom is -0.389 e. The van der Waals surface area contributed by atoms with E-state index in [0.717, 1.165) is 19.4 Å². The standard InChI is InChI=1S/C20H31BN2O3/c1-18(2)19(3,4)26-21(25-18)23-15-14-22(6)17(24)20(23,5)13-12-16-10-8-7-9-11-16/h7-11H,12-15H2,1-6H3. The minimum absolute atomic E-state index is 0.134. The van der Waals surface area contributed by atoms with Crippen LogP contribution in [-0.2, 0) is 20.5 Å². The van der Waals surface area contributed by atoms with E-state index in [4.69, 9.17) is 9.31 Å². The molecule has 2 saturated heterocycles. The van der Waals surface area contributed by atoms with Crippen LogP contribution < -0.4 is 0 Å². The summed E-state index contributed by atoms with van der Waals surface area (Å²) in [6.07, 6.45) is 1.57. The number of hydrogen-bond donors (Lipinski definition) is 0. The summed E-state index contributed by atoms with van der Waals surface area (Å²) in [4.78, 5) is 17.1. The second-order valence-corrected chi connectivity index (χ2v) is 8.74. The largest absolute Gasteiger partial charge is 0.559 e. The number of likely N-dealkylation sites (N-methyl/N-ethyl adjacent to an activating group) is 1. The maximum absolute atomic E-state index is 13.1. The molecule has 5 nitrogen and oxygen atoms in total. The summed E-state index contributed by atoms with van der Waals surface area (Å²) in [5.41, 5.74) is -0.234. The van der Waals surface area contributed by atoms with Crippen molar-refractivity contribution in [1.82, 2.24) is 9.71 Å². The molecule has 26 heavy (non-hydrogen) atoms. The first-order valence-electron chi connectivity index (χ1n) is 9.49. The third-order valence-electron chi connectivity index (χ3n) is 6.36. The Morgan fingerprint density at radius 1 is 1.00 bits per heavy atom. The van der Waals surface area contributed by atoms with E-state index in [0.29, 0.717) is 6.54 Å². The topological polar surface area (TPSA) is 42.0 Å². The lowest BCUT2D eigenvalue weighted by molar-refractivity contribution is -0.146. The van der Waals surface area contributed by atoms with Crippen LogP contribution in [0.4, 0.5) is 0 Å². The first-order valence-corrected chi connectivity index (χ1v) is 9.49. The molecule has 2 fully saturated rings. The van der Waals surface area contributed by atoms with Crippen molar-refractivity contribution in [2.75, 3.05) is 20.1 Å². The Balaban J connectivity index is 1.84. The van der Waals surface area contributed by atoms with Gasteiger partial charge < -0.3 is 14.2 Å². The second-order valence-electron chi connectivity index (χ2n) is 8.74. The summed E-state index contributed by atoms with van der Waals surface area (Å²) >= 11 is 0. The van der Waals surface area contributed by atoms with Gasteiger partial charge in [-0.1, -0.05) is 30.3 Å². The van der Waals surface area contributed by atoms with Crippen molar-refractivity contribution in [1.29, 1.82) is 0 Å². The highest BCUT2D eigenvalue weighted by Gasteiger charge is 2.59. The van der Waals surface area contributed by atoms with Gasteiger partial charge in [0.1, 0.15) is 0 Å². The zero-order valence-corrected chi connectivity index (χ0v) is 16.9. The van der Waals surface area contributed by atoms with Crippen LogP contribution in [0.5, 0.6) is 0 Å². The SMILES string of the molecule is CN1CCN(B2OC(C)(C)C(C)(C)O2)C(C)(CCc2ccccc2)C1=O. The summed E-state index contributed by atoms with van der Waals surface area (Å²) in [5.74, 6) is 0.134. The van der Waals surface area contributed by atoms with Crippen LogP contribution in [0, 0.1) is 0 Å².